The van der Waals surface area contributed by atoms with E-state index >= 15 is 0 Å². The number of rotatable bonds is 8. The standard InChI is InChI=1S/C19H22O5S/c1-21-14-10-17(22-2)15(18(11-14)23-3)8-9-25-12-13-6-5-7-16(20)19(13)24-4/h5-11,20H,12H2,1-4H3. The Balaban J connectivity index is 2.16. The molecule has 0 aliphatic heterocycles. The summed E-state index contributed by atoms with van der Waals surface area (Å²) in [5.41, 5.74) is 1.76. The molecule has 6 heteroatoms. The largest absolute Gasteiger partial charge is 0.504 e. The topological polar surface area (TPSA) is 57.2 Å². The van der Waals surface area contributed by atoms with Crippen molar-refractivity contribution in [1.29, 1.82) is 0 Å². The molecular weight excluding hydrogens is 340 g/mol. The summed E-state index contributed by atoms with van der Waals surface area (Å²) in [5.74, 6) is 3.31. The molecule has 0 amide bonds. The third-order valence-electron chi connectivity index (χ3n) is 3.60. The van der Waals surface area contributed by atoms with Gasteiger partial charge >= 0.3 is 0 Å². The van der Waals surface area contributed by atoms with Gasteiger partial charge in [0.15, 0.2) is 11.5 Å². The first-order valence-electron chi connectivity index (χ1n) is 7.57. The lowest BCUT2D eigenvalue weighted by Crippen LogP contribution is -1.94. The second-order valence-electron chi connectivity index (χ2n) is 5.03. The molecule has 0 radical (unpaired) electrons. The van der Waals surface area contributed by atoms with E-state index in [2.05, 4.69) is 0 Å². The molecular formula is C19H22O5S. The van der Waals surface area contributed by atoms with Gasteiger partial charge in [-0.05, 0) is 17.6 Å². The summed E-state index contributed by atoms with van der Waals surface area (Å²) < 4.78 is 21.3. The third kappa shape index (κ3) is 4.54. The smallest absolute Gasteiger partial charge is 0.164 e. The second kappa shape index (κ2) is 9.13. The molecule has 0 fully saturated rings. The van der Waals surface area contributed by atoms with Crippen molar-refractivity contribution in [2.45, 2.75) is 5.75 Å². The van der Waals surface area contributed by atoms with Crippen LogP contribution in [0.4, 0.5) is 0 Å². The Hall–Kier alpha value is -2.47. The average Bonchev–Trinajstić information content (AvgIpc) is 2.64. The van der Waals surface area contributed by atoms with Crippen LogP contribution in [0.15, 0.2) is 35.7 Å². The number of para-hydroxylation sites is 1. The van der Waals surface area contributed by atoms with E-state index in [0.29, 0.717) is 28.8 Å². The molecule has 0 saturated carbocycles. The number of benzene rings is 2. The van der Waals surface area contributed by atoms with Crippen molar-refractivity contribution < 1.29 is 24.1 Å². The van der Waals surface area contributed by atoms with Crippen LogP contribution in [0.1, 0.15) is 11.1 Å². The summed E-state index contributed by atoms with van der Waals surface area (Å²) in [5, 5.41) is 11.8. The SMILES string of the molecule is COc1cc(OC)c(C=CSCc2cccc(O)c2OC)c(OC)c1. The monoisotopic (exact) mass is 362 g/mol. The Kier molecular flexibility index (Phi) is 6.89. The fourth-order valence-corrected chi connectivity index (χ4v) is 3.11. The van der Waals surface area contributed by atoms with Gasteiger partial charge in [0.2, 0.25) is 0 Å². The second-order valence-corrected chi connectivity index (χ2v) is 5.92. The van der Waals surface area contributed by atoms with E-state index in [1.165, 1.54) is 0 Å². The fourth-order valence-electron chi connectivity index (χ4n) is 2.37. The number of ether oxygens (including phenoxy) is 4. The minimum Gasteiger partial charge on any atom is -0.504 e. The third-order valence-corrected chi connectivity index (χ3v) is 4.41. The summed E-state index contributed by atoms with van der Waals surface area (Å²) in [6.45, 7) is 0. The lowest BCUT2D eigenvalue weighted by atomic mass is 10.1. The quantitative estimate of drug-likeness (QED) is 0.754. The maximum atomic E-state index is 9.81. The van der Waals surface area contributed by atoms with Crippen LogP contribution >= 0.6 is 11.8 Å². The van der Waals surface area contributed by atoms with Crippen molar-refractivity contribution in [1.82, 2.24) is 0 Å². The molecule has 2 aromatic carbocycles. The number of aromatic hydroxyl groups is 1. The van der Waals surface area contributed by atoms with E-state index in [9.17, 15) is 5.11 Å². The number of thioether (sulfide) groups is 1. The van der Waals surface area contributed by atoms with Crippen LogP contribution in [0, 0.1) is 0 Å². The van der Waals surface area contributed by atoms with Crippen LogP contribution in [0.5, 0.6) is 28.7 Å². The molecule has 25 heavy (non-hydrogen) atoms. The molecule has 1 N–H and O–H groups in total. The number of phenols is 1. The Morgan fingerprint density at radius 2 is 1.64 bits per heavy atom. The van der Waals surface area contributed by atoms with Crippen LogP contribution in [0.3, 0.4) is 0 Å². The van der Waals surface area contributed by atoms with Gasteiger partial charge in [-0.1, -0.05) is 12.1 Å². The van der Waals surface area contributed by atoms with E-state index in [-0.39, 0.29) is 5.75 Å². The van der Waals surface area contributed by atoms with Gasteiger partial charge in [-0.3, -0.25) is 0 Å². The molecule has 0 saturated heterocycles. The van der Waals surface area contributed by atoms with Crippen molar-refractivity contribution in [2.24, 2.45) is 0 Å². The highest BCUT2D eigenvalue weighted by molar-refractivity contribution is 8.01. The molecule has 0 unspecified atom stereocenters. The molecule has 0 aromatic heterocycles. The lowest BCUT2D eigenvalue weighted by molar-refractivity contribution is 0.370. The van der Waals surface area contributed by atoms with Crippen molar-refractivity contribution in [3.05, 3.63) is 46.9 Å². The molecule has 5 nitrogen and oxygen atoms in total. The zero-order valence-electron chi connectivity index (χ0n) is 14.7. The summed E-state index contributed by atoms with van der Waals surface area (Å²) >= 11 is 1.57. The Bertz CT molecular complexity index is 718. The first-order valence-corrected chi connectivity index (χ1v) is 8.62. The van der Waals surface area contributed by atoms with Gasteiger partial charge in [0.1, 0.15) is 17.2 Å². The molecule has 0 aliphatic rings. The van der Waals surface area contributed by atoms with Gasteiger partial charge in [0.05, 0.1) is 34.0 Å². The molecule has 2 rings (SSSR count). The molecule has 134 valence electrons. The number of hydrogen-bond acceptors (Lipinski definition) is 6. The minimum absolute atomic E-state index is 0.142. The summed E-state index contributed by atoms with van der Waals surface area (Å²) in [6, 6.07) is 8.95. The average molecular weight is 362 g/mol. The van der Waals surface area contributed by atoms with Crippen LogP contribution in [-0.4, -0.2) is 33.5 Å². The highest BCUT2D eigenvalue weighted by Gasteiger charge is 2.11. The minimum atomic E-state index is 0.142. The summed E-state index contributed by atoms with van der Waals surface area (Å²) in [6.07, 6.45) is 1.93. The first-order chi connectivity index (χ1) is 12.1. The van der Waals surface area contributed by atoms with Crippen molar-refractivity contribution in [3.63, 3.8) is 0 Å². The Morgan fingerprint density at radius 3 is 2.20 bits per heavy atom. The van der Waals surface area contributed by atoms with Crippen molar-refractivity contribution in [2.75, 3.05) is 28.4 Å². The van der Waals surface area contributed by atoms with Crippen LogP contribution < -0.4 is 18.9 Å². The number of methoxy groups -OCH3 is 4. The Labute approximate surface area is 152 Å². The molecule has 0 spiro atoms. The summed E-state index contributed by atoms with van der Waals surface area (Å²) in [7, 11) is 6.36. The van der Waals surface area contributed by atoms with Crippen LogP contribution in [0.2, 0.25) is 0 Å². The highest BCUT2D eigenvalue weighted by Crippen LogP contribution is 2.36. The fraction of sp³-hybridized carbons (Fsp3) is 0.263. The van der Waals surface area contributed by atoms with Gasteiger partial charge in [-0.25, -0.2) is 0 Å². The maximum Gasteiger partial charge on any atom is 0.164 e. The molecule has 0 aliphatic carbocycles. The zero-order chi connectivity index (χ0) is 18.2. The first kappa shape index (κ1) is 18.9. The number of phenolic OH excluding ortho intramolecular Hbond substituents is 1. The van der Waals surface area contributed by atoms with Gasteiger partial charge < -0.3 is 24.1 Å². The van der Waals surface area contributed by atoms with Gasteiger partial charge in [0.25, 0.3) is 0 Å². The van der Waals surface area contributed by atoms with E-state index in [1.807, 2.05) is 29.7 Å². The van der Waals surface area contributed by atoms with E-state index in [0.717, 1.165) is 11.1 Å². The summed E-state index contributed by atoms with van der Waals surface area (Å²) in [4.78, 5) is 0. The predicted octanol–water partition coefficient (Wildman–Crippen LogP) is 4.33. The highest BCUT2D eigenvalue weighted by atomic mass is 32.2. The van der Waals surface area contributed by atoms with Crippen LogP contribution in [0.25, 0.3) is 6.08 Å². The normalized spacial score (nSPS) is 10.7. The molecule has 0 heterocycles. The van der Waals surface area contributed by atoms with Gasteiger partial charge in [0, 0.05) is 23.4 Å². The number of hydrogen-bond donors (Lipinski definition) is 1. The zero-order valence-corrected chi connectivity index (χ0v) is 15.6. The lowest BCUT2D eigenvalue weighted by Gasteiger charge is -2.12. The van der Waals surface area contributed by atoms with Crippen molar-refractivity contribution in [3.8, 4) is 28.7 Å². The van der Waals surface area contributed by atoms with Crippen molar-refractivity contribution >= 4 is 17.8 Å². The predicted molar refractivity (Wildman–Crippen MR) is 101 cm³/mol. The van der Waals surface area contributed by atoms with E-state index < -0.39 is 0 Å². The molecule has 0 bridgehead atoms. The molecule has 2 aromatic rings. The molecule has 0 atom stereocenters. The van der Waals surface area contributed by atoms with Crippen LogP contribution in [-0.2, 0) is 5.75 Å². The maximum absolute atomic E-state index is 9.81. The van der Waals surface area contributed by atoms with Gasteiger partial charge in [-0.2, -0.15) is 0 Å². The van der Waals surface area contributed by atoms with Gasteiger partial charge in [-0.15, -0.1) is 11.8 Å². The Morgan fingerprint density at radius 1 is 0.960 bits per heavy atom. The van der Waals surface area contributed by atoms with E-state index in [1.54, 1.807) is 52.3 Å². The van der Waals surface area contributed by atoms with E-state index in [4.69, 9.17) is 18.9 Å².